The summed E-state index contributed by atoms with van der Waals surface area (Å²) in [6.45, 7) is 3.38. The smallest absolute Gasteiger partial charge is 0.275 e. The molecule has 0 spiro atoms. The van der Waals surface area contributed by atoms with Crippen LogP contribution in [0.4, 0.5) is 0 Å². The van der Waals surface area contributed by atoms with E-state index in [2.05, 4.69) is 27.2 Å². The van der Waals surface area contributed by atoms with Crippen LogP contribution in [-0.2, 0) is 13.1 Å². The van der Waals surface area contributed by atoms with E-state index in [0.29, 0.717) is 24.0 Å². The van der Waals surface area contributed by atoms with Gasteiger partial charge in [0.15, 0.2) is 5.69 Å². The van der Waals surface area contributed by atoms with E-state index < -0.39 is 0 Å². The Bertz CT molecular complexity index is 1010. The molecular weight excluding hydrogens is 368 g/mol. The molecule has 2 aromatic heterocycles. The Labute approximate surface area is 169 Å². The number of amides is 1. The molecule has 0 N–H and O–H groups in total. The van der Waals surface area contributed by atoms with Crippen molar-refractivity contribution < 1.29 is 9.32 Å². The maximum absolute atomic E-state index is 13.2. The van der Waals surface area contributed by atoms with Crippen LogP contribution >= 0.6 is 0 Å². The molecule has 1 saturated heterocycles. The van der Waals surface area contributed by atoms with Crippen LogP contribution in [0, 0.1) is 0 Å². The summed E-state index contributed by atoms with van der Waals surface area (Å²) in [6, 6.07) is 11.5. The third-order valence-electron chi connectivity index (χ3n) is 5.70. The zero-order valence-electron chi connectivity index (χ0n) is 16.5. The Balaban J connectivity index is 1.38. The fourth-order valence-corrected chi connectivity index (χ4v) is 4.22. The van der Waals surface area contributed by atoms with Crippen molar-refractivity contribution in [3.8, 4) is 11.4 Å². The van der Waals surface area contributed by atoms with Gasteiger partial charge in [0, 0.05) is 31.7 Å². The lowest BCUT2D eigenvalue weighted by Crippen LogP contribution is -2.31. The molecule has 4 heterocycles. The molecule has 1 fully saturated rings. The zero-order valence-corrected chi connectivity index (χ0v) is 16.5. The molecule has 2 aliphatic rings. The highest BCUT2D eigenvalue weighted by molar-refractivity contribution is 5.92. The first-order chi connectivity index (χ1) is 14.2. The van der Waals surface area contributed by atoms with Crippen LogP contribution in [0.5, 0.6) is 0 Å². The molecule has 8 nitrogen and oxygen atoms in total. The molecule has 2 aliphatic heterocycles. The van der Waals surface area contributed by atoms with Gasteiger partial charge in [0.2, 0.25) is 11.7 Å². The maximum Gasteiger partial charge on any atom is 0.275 e. The number of rotatable bonds is 3. The summed E-state index contributed by atoms with van der Waals surface area (Å²) in [5, 5.41) is 8.72. The molecule has 0 unspecified atom stereocenters. The van der Waals surface area contributed by atoms with Gasteiger partial charge < -0.3 is 14.3 Å². The molecular formula is C21H24N6O2. The van der Waals surface area contributed by atoms with Crippen LogP contribution < -0.4 is 0 Å². The molecule has 0 saturated carbocycles. The van der Waals surface area contributed by atoms with E-state index in [1.165, 1.54) is 0 Å². The minimum Gasteiger partial charge on any atom is -0.337 e. The summed E-state index contributed by atoms with van der Waals surface area (Å²) in [6.07, 6.45) is 2.77. The molecule has 0 radical (unpaired) electrons. The first-order valence-corrected chi connectivity index (χ1v) is 10.1. The van der Waals surface area contributed by atoms with Crippen LogP contribution in [0.2, 0.25) is 0 Å². The fraction of sp³-hybridized carbons (Fsp3) is 0.429. The van der Waals surface area contributed by atoms with Gasteiger partial charge in [0.1, 0.15) is 6.04 Å². The first-order valence-electron chi connectivity index (χ1n) is 10.1. The van der Waals surface area contributed by atoms with Crippen molar-refractivity contribution in [1.82, 2.24) is 29.7 Å². The lowest BCUT2D eigenvalue weighted by Gasteiger charge is -2.20. The highest BCUT2D eigenvalue weighted by Gasteiger charge is 2.36. The lowest BCUT2D eigenvalue weighted by atomic mass is 10.2. The second kappa shape index (κ2) is 7.44. The Hall–Kier alpha value is -3.00. The van der Waals surface area contributed by atoms with Gasteiger partial charge in [-0.3, -0.25) is 9.48 Å². The van der Waals surface area contributed by atoms with Crippen molar-refractivity contribution in [3.63, 3.8) is 0 Å². The Morgan fingerprint density at radius 2 is 2.00 bits per heavy atom. The summed E-state index contributed by atoms with van der Waals surface area (Å²) in [4.78, 5) is 21.9. The monoisotopic (exact) mass is 392 g/mol. The number of aromatic nitrogens is 4. The normalized spacial score (nSPS) is 19.9. The van der Waals surface area contributed by atoms with E-state index in [-0.39, 0.29) is 11.9 Å². The third-order valence-corrected chi connectivity index (χ3v) is 5.70. The van der Waals surface area contributed by atoms with E-state index in [4.69, 9.17) is 4.52 Å². The van der Waals surface area contributed by atoms with Crippen LogP contribution in [0.15, 0.2) is 40.9 Å². The zero-order chi connectivity index (χ0) is 19.8. The topological polar surface area (TPSA) is 80.3 Å². The number of hydrogen-bond donors (Lipinski definition) is 0. The van der Waals surface area contributed by atoms with Crippen LogP contribution in [0.1, 0.15) is 47.4 Å². The number of nitrogens with zero attached hydrogens (tertiary/aromatic N) is 6. The van der Waals surface area contributed by atoms with E-state index in [1.807, 2.05) is 46.0 Å². The number of benzene rings is 1. The first kappa shape index (κ1) is 18.1. The Morgan fingerprint density at radius 1 is 1.14 bits per heavy atom. The van der Waals surface area contributed by atoms with Crippen molar-refractivity contribution in [1.29, 1.82) is 0 Å². The van der Waals surface area contributed by atoms with E-state index in [9.17, 15) is 4.79 Å². The van der Waals surface area contributed by atoms with E-state index in [1.54, 1.807) is 0 Å². The third kappa shape index (κ3) is 3.44. The van der Waals surface area contributed by atoms with Crippen LogP contribution in [0.3, 0.4) is 0 Å². The standard InChI is InChI=1S/C21H24N6O2/c1-25-10-6-12-27-16(14-25)13-17(23-27)21(28)26-11-5-9-18(26)20-22-19(24-29-20)15-7-3-2-4-8-15/h2-4,7-8,13,18H,5-6,9-12,14H2,1H3/t18-/m0/s1. The number of carbonyl (C=O) groups excluding carboxylic acids is 1. The second-order valence-corrected chi connectivity index (χ2v) is 7.81. The molecule has 8 heteroatoms. The van der Waals surface area contributed by atoms with E-state index >= 15 is 0 Å². The molecule has 1 aromatic carbocycles. The van der Waals surface area contributed by atoms with Crippen molar-refractivity contribution in [2.75, 3.05) is 20.1 Å². The number of carbonyl (C=O) groups is 1. The number of fused-ring (bicyclic) bond motifs is 1. The summed E-state index contributed by atoms with van der Waals surface area (Å²) < 4.78 is 7.52. The van der Waals surface area contributed by atoms with Crippen molar-refractivity contribution >= 4 is 5.91 Å². The van der Waals surface area contributed by atoms with Crippen molar-refractivity contribution in [2.45, 2.75) is 38.4 Å². The molecule has 3 aromatic rings. The van der Waals surface area contributed by atoms with Gasteiger partial charge in [-0.25, -0.2) is 0 Å². The fourth-order valence-electron chi connectivity index (χ4n) is 4.22. The molecule has 0 aliphatic carbocycles. The van der Waals surface area contributed by atoms with Gasteiger partial charge in [-0.2, -0.15) is 10.1 Å². The predicted octanol–water partition coefficient (Wildman–Crippen LogP) is 2.75. The van der Waals surface area contributed by atoms with Gasteiger partial charge >= 0.3 is 0 Å². The lowest BCUT2D eigenvalue weighted by molar-refractivity contribution is 0.0703. The van der Waals surface area contributed by atoms with Crippen LogP contribution in [-0.4, -0.2) is 55.8 Å². The number of hydrogen-bond acceptors (Lipinski definition) is 6. The molecule has 1 amide bonds. The highest BCUT2D eigenvalue weighted by Crippen LogP contribution is 2.33. The number of aryl methyl sites for hydroxylation is 1. The molecule has 0 bridgehead atoms. The molecule has 150 valence electrons. The Kier molecular flexibility index (Phi) is 4.63. The summed E-state index contributed by atoms with van der Waals surface area (Å²) >= 11 is 0. The van der Waals surface area contributed by atoms with Crippen molar-refractivity contribution in [2.24, 2.45) is 0 Å². The van der Waals surface area contributed by atoms with Gasteiger partial charge in [0.25, 0.3) is 5.91 Å². The largest absolute Gasteiger partial charge is 0.337 e. The second-order valence-electron chi connectivity index (χ2n) is 7.81. The summed E-state index contributed by atoms with van der Waals surface area (Å²) in [5.41, 5.74) is 2.50. The van der Waals surface area contributed by atoms with E-state index in [0.717, 1.165) is 50.2 Å². The molecule has 29 heavy (non-hydrogen) atoms. The number of likely N-dealkylation sites (tertiary alicyclic amines) is 1. The minimum atomic E-state index is -0.198. The average molecular weight is 392 g/mol. The SMILES string of the molecule is CN1CCCn2nc(C(=O)N3CCC[C@H]3c3nc(-c4ccccc4)no3)cc2C1. The maximum atomic E-state index is 13.2. The van der Waals surface area contributed by atoms with Gasteiger partial charge in [-0.15, -0.1) is 0 Å². The minimum absolute atomic E-state index is 0.0600. The van der Waals surface area contributed by atoms with Gasteiger partial charge in [0.05, 0.1) is 5.69 Å². The quantitative estimate of drug-likeness (QED) is 0.682. The average Bonchev–Trinajstić information content (AvgIpc) is 3.46. The van der Waals surface area contributed by atoms with Gasteiger partial charge in [-0.1, -0.05) is 35.5 Å². The summed E-state index contributed by atoms with van der Waals surface area (Å²) in [7, 11) is 2.10. The Morgan fingerprint density at radius 3 is 2.86 bits per heavy atom. The molecule has 1 atom stereocenters. The van der Waals surface area contributed by atoms with Gasteiger partial charge in [-0.05, 0) is 32.4 Å². The highest BCUT2D eigenvalue weighted by atomic mass is 16.5. The molecule has 5 rings (SSSR count). The summed E-state index contributed by atoms with van der Waals surface area (Å²) in [5.74, 6) is 0.988. The predicted molar refractivity (Wildman–Crippen MR) is 106 cm³/mol. The van der Waals surface area contributed by atoms with Crippen LogP contribution in [0.25, 0.3) is 11.4 Å². The van der Waals surface area contributed by atoms with Crippen molar-refractivity contribution in [3.05, 3.63) is 53.7 Å².